The fourth-order valence-corrected chi connectivity index (χ4v) is 2.27. The topological polar surface area (TPSA) is 157 Å². The molecule has 0 aromatic heterocycles. The molecule has 0 aliphatic carbocycles. The van der Waals surface area contributed by atoms with Gasteiger partial charge in [-0.3, -0.25) is 0 Å². The molecule has 10 heteroatoms. The van der Waals surface area contributed by atoms with E-state index in [1.54, 1.807) is 24.3 Å². The zero-order chi connectivity index (χ0) is 17.5. The maximum Gasteiger partial charge on any atom is 0.407 e. The number of hydrogen-bond donors (Lipinski definition) is 4. The van der Waals surface area contributed by atoms with Crippen molar-refractivity contribution in [1.29, 1.82) is 0 Å². The highest BCUT2D eigenvalue weighted by atomic mass is 16.6. The van der Waals surface area contributed by atoms with Crippen molar-refractivity contribution in [2.75, 3.05) is 6.54 Å². The van der Waals surface area contributed by atoms with Gasteiger partial charge in [-0.2, -0.15) is 0 Å². The number of rotatable bonds is 5. The van der Waals surface area contributed by atoms with Gasteiger partial charge in [-0.05, 0) is 11.1 Å². The summed E-state index contributed by atoms with van der Waals surface area (Å²) in [6, 6.07) is 7.66. The second-order valence-corrected chi connectivity index (χ2v) is 5.19. The maximum absolute atomic E-state index is 11.8. The molecule has 10 nitrogen and oxygen atoms in total. The van der Waals surface area contributed by atoms with Crippen molar-refractivity contribution in [2.45, 2.75) is 37.3 Å². The SMILES string of the molecule is [N-]=[N+]=NC[C@H]1O[C@H](O)[C@H](NC(=O)OCc2ccccc2)[C@@H](O)[C@@H]1O. The molecule has 1 heterocycles. The van der Waals surface area contributed by atoms with Crippen molar-refractivity contribution >= 4 is 6.09 Å². The average molecular weight is 338 g/mol. The van der Waals surface area contributed by atoms with E-state index in [1.807, 2.05) is 6.07 Å². The van der Waals surface area contributed by atoms with E-state index >= 15 is 0 Å². The maximum atomic E-state index is 11.8. The summed E-state index contributed by atoms with van der Waals surface area (Å²) in [6.07, 6.45) is -6.52. The highest BCUT2D eigenvalue weighted by molar-refractivity contribution is 5.67. The van der Waals surface area contributed by atoms with Crippen LogP contribution in [-0.4, -0.2) is 58.6 Å². The van der Waals surface area contributed by atoms with Crippen LogP contribution in [0.2, 0.25) is 0 Å². The Morgan fingerprint density at radius 2 is 2.00 bits per heavy atom. The number of nitrogens with zero attached hydrogens (tertiary/aromatic N) is 3. The van der Waals surface area contributed by atoms with Crippen LogP contribution in [0.4, 0.5) is 4.79 Å². The van der Waals surface area contributed by atoms with Crippen LogP contribution in [0, 0.1) is 0 Å². The molecule has 0 radical (unpaired) electrons. The minimum absolute atomic E-state index is 0.00844. The van der Waals surface area contributed by atoms with Gasteiger partial charge in [-0.15, -0.1) is 0 Å². The second-order valence-electron chi connectivity index (χ2n) is 5.19. The van der Waals surface area contributed by atoms with Crippen LogP contribution in [0.25, 0.3) is 10.4 Å². The molecule has 5 atom stereocenters. The van der Waals surface area contributed by atoms with Gasteiger partial charge in [0.2, 0.25) is 0 Å². The third kappa shape index (κ3) is 4.57. The molecule has 130 valence electrons. The predicted octanol–water partition coefficient (Wildman–Crippen LogP) is 0.0307. The zero-order valence-electron chi connectivity index (χ0n) is 12.6. The molecule has 1 fully saturated rings. The Balaban J connectivity index is 1.89. The first-order valence-corrected chi connectivity index (χ1v) is 7.20. The lowest BCUT2D eigenvalue weighted by Gasteiger charge is -2.40. The standard InChI is InChI=1S/C14H18N4O6/c15-18-16-6-9-11(19)12(20)10(13(21)24-9)17-14(22)23-7-8-4-2-1-3-5-8/h1-5,9-13,19-21H,6-7H2,(H,17,22)/t9-,10-,11-,12-,13+/m1/s1. The Hall–Kier alpha value is -2.36. The second kappa shape index (κ2) is 8.48. The van der Waals surface area contributed by atoms with Gasteiger partial charge < -0.3 is 30.1 Å². The van der Waals surface area contributed by atoms with Crippen LogP contribution in [-0.2, 0) is 16.1 Å². The molecule has 1 amide bonds. The lowest BCUT2D eigenvalue weighted by molar-refractivity contribution is -0.243. The summed E-state index contributed by atoms with van der Waals surface area (Å²) in [7, 11) is 0. The third-order valence-electron chi connectivity index (χ3n) is 3.54. The molecule has 2 rings (SSSR count). The number of azide groups is 1. The van der Waals surface area contributed by atoms with Crippen LogP contribution in [0.5, 0.6) is 0 Å². The molecule has 24 heavy (non-hydrogen) atoms. The first-order chi connectivity index (χ1) is 11.5. The molecule has 0 bridgehead atoms. The predicted molar refractivity (Wildman–Crippen MR) is 80.5 cm³/mol. The number of amides is 1. The monoisotopic (exact) mass is 338 g/mol. The van der Waals surface area contributed by atoms with Gasteiger partial charge in [-0.25, -0.2) is 4.79 Å². The number of carbonyl (C=O) groups is 1. The minimum Gasteiger partial charge on any atom is -0.445 e. The smallest absolute Gasteiger partial charge is 0.407 e. The lowest BCUT2D eigenvalue weighted by Crippen LogP contribution is -2.64. The van der Waals surface area contributed by atoms with E-state index < -0.39 is 36.7 Å². The van der Waals surface area contributed by atoms with E-state index in [0.717, 1.165) is 5.56 Å². The number of aliphatic hydroxyl groups excluding tert-OH is 3. The van der Waals surface area contributed by atoms with Crippen molar-refractivity contribution in [2.24, 2.45) is 5.11 Å². The Morgan fingerprint density at radius 3 is 2.67 bits per heavy atom. The summed E-state index contributed by atoms with van der Waals surface area (Å²) in [5.41, 5.74) is 9.03. The largest absolute Gasteiger partial charge is 0.445 e. The molecule has 4 N–H and O–H groups in total. The molecule has 1 saturated heterocycles. The molecule has 1 aromatic carbocycles. The van der Waals surface area contributed by atoms with Crippen LogP contribution in [0.3, 0.4) is 0 Å². The Bertz CT molecular complexity index is 594. The fraction of sp³-hybridized carbons (Fsp3) is 0.500. The normalized spacial score (nSPS) is 29.4. The molecule has 1 aliphatic rings. The van der Waals surface area contributed by atoms with E-state index in [4.69, 9.17) is 15.0 Å². The van der Waals surface area contributed by atoms with Crippen LogP contribution in [0.1, 0.15) is 5.56 Å². The summed E-state index contributed by atoms with van der Waals surface area (Å²) in [5, 5.41) is 35.3. The van der Waals surface area contributed by atoms with E-state index in [0.29, 0.717) is 0 Å². The molecule has 0 unspecified atom stereocenters. The van der Waals surface area contributed by atoms with E-state index in [-0.39, 0.29) is 13.2 Å². The molecule has 1 aliphatic heterocycles. The van der Waals surface area contributed by atoms with Gasteiger partial charge >= 0.3 is 6.09 Å². The van der Waals surface area contributed by atoms with Gasteiger partial charge in [0, 0.05) is 4.91 Å². The van der Waals surface area contributed by atoms with Gasteiger partial charge in [-0.1, -0.05) is 35.4 Å². The van der Waals surface area contributed by atoms with Crippen LogP contribution in [0.15, 0.2) is 35.4 Å². The van der Waals surface area contributed by atoms with Crippen molar-refractivity contribution in [3.8, 4) is 0 Å². The highest BCUT2D eigenvalue weighted by Crippen LogP contribution is 2.20. The lowest BCUT2D eigenvalue weighted by atomic mass is 9.97. The summed E-state index contributed by atoms with van der Waals surface area (Å²) in [5.74, 6) is 0. The number of alkyl carbamates (subject to hydrolysis) is 1. The van der Waals surface area contributed by atoms with Crippen molar-refractivity contribution in [3.63, 3.8) is 0 Å². The molecule has 0 spiro atoms. The van der Waals surface area contributed by atoms with Crippen LogP contribution < -0.4 is 5.32 Å². The van der Waals surface area contributed by atoms with Crippen molar-refractivity contribution in [3.05, 3.63) is 46.3 Å². The number of hydrogen-bond acceptors (Lipinski definition) is 7. The Labute approximate surface area is 137 Å². The summed E-state index contributed by atoms with van der Waals surface area (Å²) >= 11 is 0. The van der Waals surface area contributed by atoms with Gasteiger partial charge in [0.15, 0.2) is 6.29 Å². The van der Waals surface area contributed by atoms with E-state index in [1.165, 1.54) is 0 Å². The summed E-state index contributed by atoms with van der Waals surface area (Å²) in [6.45, 7) is -0.258. The Morgan fingerprint density at radius 1 is 1.29 bits per heavy atom. The zero-order valence-corrected chi connectivity index (χ0v) is 12.6. The fourth-order valence-electron chi connectivity index (χ4n) is 2.27. The first-order valence-electron chi connectivity index (χ1n) is 7.20. The molecular formula is C14H18N4O6. The van der Waals surface area contributed by atoms with Crippen molar-refractivity contribution < 1.29 is 29.6 Å². The average Bonchev–Trinajstić information content (AvgIpc) is 2.59. The number of carbonyl (C=O) groups excluding carboxylic acids is 1. The molecular weight excluding hydrogens is 320 g/mol. The summed E-state index contributed by atoms with van der Waals surface area (Å²) < 4.78 is 10.0. The summed E-state index contributed by atoms with van der Waals surface area (Å²) in [4.78, 5) is 14.3. The number of ether oxygens (including phenoxy) is 2. The van der Waals surface area contributed by atoms with Crippen LogP contribution >= 0.6 is 0 Å². The number of aliphatic hydroxyl groups is 3. The quantitative estimate of drug-likeness (QED) is 0.337. The van der Waals surface area contributed by atoms with E-state index in [2.05, 4.69) is 15.3 Å². The number of benzene rings is 1. The first kappa shape index (κ1) is 18.0. The highest BCUT2D eigenvalue weighted by Gasteiger charge is 2.44. The third-order valence-corrected chi connectivity index (χ3v) is 3.54. The molecule has 0 saturated carbocycles. The minimum atomic E-state index is -1.59. The molecule has 1 aromatic rings. The van der Waals surface area contributed by atoms with Gasteiger partial charge in [0.25, 0.3) is 0 Å². The van der Waals surface area contributed by atoms with Gasteiger partial charge in [0.05, 0.1) is 12.6 Å². The van der Waals surface area contributed by atoms with Crippen molar-refractivity contribution in [1.82, 2.24) is 5.32 Å². The van der Waals surface area contributed by atoms with E-state index in [9.17, 15) is 20.1 Å². The Kier molecular flexibility index (Phi) is 6.36. The number of nitrogens with one attached hydrogen (secondary N) is 1. The van der Waals surface area contributed by atoms with Gasteiger partial charge in [0.1, 0.15) is 24.9 Å².